The van der Waals surface area contributed by atoms with Gasteiger partial charge in [-0.05, 0) is 27.7 Å². The number of carbonyl (C=O) groups excluding carboxylic acids is 2. The van der Waals surface area contributed by atoms with E-state index >= 15 is 0 Å². The molecule has 0 bridgehead atoms. The second-order valence-electron chi connectivity index (χ2n) is 4.34. The fraction of sp³-hybridized carbons (Fsp3) is 0.833. The zero-order valence-corrected chi connectivity index (χ0v) is 12.1. The van der Waals surface area contributed by atoms with Crippen LogP contribution in [0.2, 0.25) is 0 Å². The van der Waals surface area contributed by atoms with Crippen LogP contribution in [0.1, 0.15) is 27.7 Å². The molecule has 0 spiro atoms. The highest BCUT2D eigenvalue weighted by Crippen LogP contribution is 2.00. The molecule has 0 aliphatic carbocycles. The van der Waals surface area contributed by atoms with Gasteiger partial charge in [-0.15, -0.1) is 0 Å². The lowest BCUT2D eigenvalue weighted by atomic mass is 10.3. The molecule has 0 aromatic heterocycles. The van der Waals surface area contributed by atoms with Gasteiger partial charge in [0.25, 0.3) is 0 Å². The zero-order valence-electron chi connectivity index (χ0n) is 12.1. The summed E-state index contributed by atoms with van der Waals surface area (Å²) in [6, 6.07) is -0.283. The first-order valence-electron chi connectivity index (χ1n) is 6.55. The first kappa shape index (κ1) is 17.5. The Morgan fingerprint density at radius 1 is 1.16 bits per heavy atom. The molecule has 3 N–H and O–H groups in total. The van der Waals surface area contributed by atoms with Crippen molar-refractivity contribution in [1.29, 1.82) is 0 Å². The van der Waals surface area contributed by atoms with E-state index in [2.05, 4.69) is 10.6 Å². The summed E-state index contributed by atoms with van der Waals surface area (Å²) in [5.41, 5.74) is 0. The van der Waals surface area contributed by atoms with Crippen LogP contribution in [0.25, 0.3) is 0 Å². The van der Waals surface area contributed by atoms with Gasteiger partial charge in [0.05, 0.1) is 12.6 Å². The van der Waals surface area contributed by atoms with Crippen molar-refractivity contribution in [2.45, 2.75) is 39.9 Å². The third kappa shape index (κ3) is 8.25. The minimum absolute atomic E-state index is 0.189. The molecule has 0 fully saturated rings. The van der Waals surface area contributed by atoms with E-state index in [0.717, 1.165) is 0 Å². The maximum Gasteiger partial charge on any atom is 0.407 e. The Hall–Kier alpha value is -1.50. The van der Waals surface area contributed by atoms with Crippen LogP contribution in [0.5, 0.6) is 0 Å². The van der Waals surface area contributed by atoms with E-state index in [9.17, 15) is 14.7 Å². The van der Waals surface area contributed by atoms with Crippen LogP contribution in [0.4, 0.5) is 9.59 Å². The lowest BCUT2D eigenvalue weighted by Gasteiger charge is -2.27. The molecule has 0 radical (unpaired) electrons. The maximum atomic E-state index is 11.8. The molecule has 2 unspecified atom stereocenters. The van der Waals surface area contributed by atoms with Crippen LogP contribution in [0.15, 0.2) is 0 Å². The molecule has 2 atom stereocenters. The standard InChI is InChI=1S/C12H25N3O4/c1-5-13-11(17)15(7-9(3)16)8-10(4)19-12(18)14-6-2/h9-10,16H,5-8H2,1-4H3,(H,13,17)(H,14,18). The summed E-state index contributed by atoms with van der Waals surface area (Å²) in [4.78, 5) is 24.5. The van der Waals surface area contributed by atoms with Gasteiger partial charge in [0.2, 0.25) is 0 Å². The molecule has 0 heterocycles. The Kier molecular flexibility index (Phi) is 8.69. The quantitative estimate of drug-likeness (QED) is 0.632. The van der Waals surface area contributed by atoms with Crippen LogP contribution < -0.4 is 10.6 Å². The van der Waals surface area contributed by atoms with Gasteiger partial charge < -0.3 is 25.4 Å². The van der Waals surface area contributed by atoms with Crippen molar-refractivity contribution in [2.75, 3.05) is 26.2 Å². The minimum atomic E-state index is -0.640. The number of rotatable bonds is 7. The monoisotopic (exact) mass is 275 g/mol. The van der Waals surface area contributed by atoms with Crippen LogP contribution in [-0.4, -0.2) is 60.5 Å². The first-order valence-corrected chi connectivity index (χ1v) is 6.55. The Morgan fingerprint density at radius 3 is 2.21 bits per heavy atom. The minimum Gasteiger partial charge on any atom is -0.445 e. The first-order chi connectivity index (χ1) is 8.90. The number of hydrogen-bond acceptors (Lipinski definition) is 4. The summed E-state index contributed by atoms with van der Waals surface area (Å²) in [5.74, 6) is 0. The number of urea groups is 1. The Morgan fingerprint density at radius 2 is 1.74 bits per heavy atom. The van der Waals surface area contributed by atoms with Crippen LogP contribution in [0.3, 0.4) is 0 Å². The largest absolute Gasteiger partial charge is 0.445 e. The lowest BCUT2D eigenvalue weighted by Crippen LogP contribution is -2.47. The van der Waals surface area contributed by atoms with Crippen LogP contribution in [-0.2, 0) is 4.74 Å². The number of aliphatic hydroxyl groups excluding tert-OH is 1. The summed E-state index contributed by atoms with van der Waals surface area (Å²) in [6.07, 6.45) is -1.60. The number of ether oxygens (including phenoxy) is 1. The molecule has 0 aliphatic rings. The van der Waals surface area contributed by atoms with E-state index in [-0.39, 0.29) is 19.1 Å². The van der Waals surface area contributed by atoms with E-state index in [4.69, 9.17) is 4.74 Å². The van der Waals surface area contributed by atoms with Crippen LogP contribution >= 0.6 is 0 Å². The maximum absolute atomic E-state index is 11.8. The molecule has 0 rings (SSSR count). The van der Waals surface area contributed by atoms with Crippen molar-refractivity contribution in [3.05, 3.63) is 0 Å². The van der Waals surface area contributed by atoms with Gasteiger partial charge >= 0.3 is 12.1 Å². The summed E-state index contributed by atoms with van der Waals surface area (Å²) < 4.78 is 5.08. The molecule has 0 saturated heterocycles. The molecule has 0 aliphatic heterocycles. The molecule has 112 valence electrons. The fourth-order valence-electron chi connectivity index (χ4n) is 1.54. The second kappa shape index (κ2) is 9.43. The average molecular weight is 275 g/mol. The van der Waals surface area contributed by atoms with Gasteiger partial charge in [0.15, 0.2) is 0 Å². The van der Waals surface area contributed by atoms with Gasteiger partial charge in [-0.25, -0.2) is 9.59 Å². The fourth-order valence-corrected chi connectivity index (χ4v) is 1.54. The molecular formula is C12H25N3O4. The van der Waals surface area contributed by atoms with E-state index in [1.165, 1.54) is 4.90 Å². The number of nitrogens with zero attached hydrogens (tertiary/aromatic N) is 1. The van der Waals surface area contributed by atoms with E-state index in [1.54, 1.807) is 20.8 Å². The highest BCUT2D eigenvalue weighted by atomic mass is 16.6. The van der Waals surface area contributed by atoms with Gasteiger partial charge in [-0.2, -0.15) is 0 Å². The lowest BCUT2D eigenvalue weighted by molar-refractivity contribution is 0.0721. The molecule has 0 aromatic carbocycles. The average Bonchev–Trinajstić information content (AvgIpc) is 2.27. The molecule has 0 saturated carbocycles. The zero-order chi connectivity index (χ0) is 14.8. The normalized spacial score (nSPS) is 13.3. The Labute approximate surface area is 114 Å². The van der Waals surface area contributed by atoms with Gasteiger partial charge in [0.1, 0.15) is 6.10 Å². The van der Waals surface area contributed by atoms with Gasteiger partial charge in [-0.1, -0.05) is 0 Å². The smallest absolute Gasteiger partial charge is 0.407 e. The Bertz CT molecular complexity index is 284. The summed E-state index contributed by atoms with van der Waals surface area (Å²) in [5, 5.41) is 14.5. The number of hydrogen-bond donors (Lipinski definition) is 3. The number of amides is 3. The highest BCUT2D eigenvalue weighted by molar-refractivity contribution is 5.74. The molecule has 7 heteroatoms. The van der Waals surface area contributed by atoms with Gasteiger partial charge in [0, 0.05) is 19.6 Å². The molecule has 0 aromatic rings. The number of alkyl carbamates (subject to hydrolysis) is 1. The number of carbonyl (C=O) groups is 2. The molecular weight excluding hydrogens is 250 g/mol. The molecule has 3 amide bonds. The summed E-state index contributed by atoms with van der Waals surface area (Å²) in [6.45, 7) is 8.31. The third-order valence-electron chi connectivity index (χ3n) is 2.21. The predicted molar refractivity (Wildman–Crippen MR) is 71.9 cm³/mol. The second-order valence-corrected chi connectivity index (χ2v) is 4.34. The van der Waals surface area contributed by atoms with E-state index < -0.39 is 18.3 Å². The third-order valence-corrected chi connectivity index (χ3v) is 2.21. The van der Waals surface area contributed by atoms with Crippen molar-refractivity contribution < 1.29 is 19.4 Å². The highest BCUT2D eigenvalue weighted by Gasteiger charge is 2.19. The van der Waals surface area contributed by atoms with Gasteiger partial charge in [-0.3, -0.25) is 0 Å². The summed E-state index contributed by atoms with van der Waals surface area (Å²) >= 11 is 0. The van der Waals surface area contributed by atoms with Crippen molar-refractivity contribution in [1.82, 2.24) is 15.5 Å². The SMILES string of the molecule is CCNC(=O)OC(C)CN(CC(C)O)C(=O)NCC. The van der Waals surface area contributed by atoms with E-state index in [0.29, 0.717) is 13.1 Å². The van der Waals surface area contributed by atoms with Crippen molar-refractivity contribution >= 4 is 12.1 Å². The number of nitrogens with one attached hydrogen (secondary N) is 2. The topological polar surface area (TPSA) is 90.9 Å². The van der Waals surface area contributed by atoms with Crippen molar-refractivity contribution in [2.24, 2.45) is 0 Å². The Balaban J connectivity index is 4.37. The number of aliphatic hydroxyl groups is 1. The van der Waals surface area contributed by atoms with Crippen LogP contribution in [0, 0.1) is 0 Å². The van der Waals surface area contributed by atoms with E-state index in [1.807, 2.05) is 6.92 Å². The molecule has 19 heavy (non-hydrogen) atoms. The molecule has 7 nitrogen and oxygen atoms in total. The predicted octanol–water partition coefficient (Wildman–Crippen LogP) is 0.533. The van der Waals surface area contributed by atoms with Crippen molar-refractivity contribution in [3.8, 4) is 0 Å². The van der Waals surface area contributed by atoms with Crippen molar-refractivity contribution in [3.63, 3.8) is 0 Å². The summed E-state index contributed by atoms with van der Waals surface area (Å²) in [7, 11) is 0.